The van der Waals surface area contributed by atoms with Crippen LogP contribution < -0.4 is 9.62 Å². The first-order valence-corrected chi connectivity index (χ1v) is 7.90. The van der Waals surface area contributed by atoms with E-state index in [1.165, 1.54) is 6.20 Å². The molecular formula is C12H20N4O2S. The van der Waals surface area contributed by atoms with Crippen LogP contribution in [0.15, 0.2) is 23.4 Å². The third-order valence-corrected chi connectivity index (χ3v) is 4.79. The molecule has 0 aromatic carbocycles. The van der Waals surface area contributed by atoms with Crippen molar-refractivity contribution in [2.75, 3.05) is 44.7 Å². The Morgan fingerprint density at radius 3 is 2.63 bits per heavy atom. The number of aromatic nitrogens is 1. The van der Waals surface area contributed by atoms with Crippen LogP contribution in [-0.4, -0.2) is 58.1 Å². The maximum atomic E-state index is 12.2. The molecule has 0 aliphatic carbocycles. The van der Waals surface area contributed by atoms with E-state index in [4.69, 9.17) is 0 Å². The van der Waals surface area contributed by atoms with E-state index in [-0.39, 0.29) is 4.90 Å². The van der Waals surface area contributed by atoms with E-state index in [2.05, 4.69) is 26.6 Å². The molecule has 106 valence electrons. The number of hydrogen-bond donors (Lipinski definition) is 1. The maximum absolute atomic E-state index is 12.2. The molecule has 6 nitrogen and oxygen atoms in total. The molecule has 1 fully saturated rings. The van der Waals surface area contributed by atoms with E-state index < -0.39 is 10.0 Å². The molecule has 0 amide bonds. The normalized spacial score (nSPS) is 17.7. The monoisotopic (exact) mass is 284 g/mol. The summed E-state index contributed by atoms with van der Waals surface area (Å²) in [5, 5.41) is 0. The second kappa shape index (κ2) is 5.85. The van der Waals surface area contributed by atoms with E-state index in [0.717, 1.165) is 31.9 Å². The lowest BCUT2D eigenvalue weighted by Gasteiger charge is -2.34. The van der Waals surface area contributed by atoms with Crippen molar-refractivity contribution in [3.63, 3.8) is 0 Å². The first-order valence-electron chi connectivity index (χ1n) is 6.42. The zero-order valence-corrected chi connectivity index (χ0v) is 12.2. The molecule has 0 spiro atoms. The molecule has 19 heavy (non-hydrogen) atoms. The van der Waals surface area contributed by atoms with Crippen molar-refractivity contribution in [2.24, 2.45) is 0 Å². The van der Waals surface area contributed by atoms with Crippen molar-refractivity contribution in [3.8, 4) is 0 Å². The smallest absolute Gasteiger partial charge is 0.244 e. The number of pyridine rings is 1. The van der Waals surface area contributed by atoms with Gasteiger partial charge in [0.05, 0.1) is 5.69 Å². The average Bonchev–Trinajstić information content (AvgIpc) is 2.39. The van der Waals surface area contributed by atoms with Crippen LogP contribution in [0.4, 0.5) is 5.69 Å². The number of anilines is 1. The molecule has 7 heteroatoms. The van der Waals surface area contributed by atoms with E-state index in [0.29, 0.717) is 6.54 Å². The molecule has 0 atom stereocenters. The van der Waals surface area contributed by atoms with Crippen LogP contribution in [0.2, 0.25) is 0 Å². The summed E-state index contributed by atoms with van der Waals surface area (Å²) in [5.41, 5.74) is 0.740. The second-order valence-corrected chi connectivity index (χ2v) is 6.37. The highest BCUT2D eigenvalue weighted by Crippen LogP contribution is 2.24. The Morgan fingerprint density at radius 1 is 1.32 bits per heavy atom. The Morgan fingerprint density at radius 2 is 2.00 bits per heavy atom. The van der Waals surface area contributed by atoms with Crippen LogP contribution in [0.25, 0.3) is 0 Å². The summed E-state index contributed by atoms with van der Waals surface area (Å²) in [6.07, 6.45) is 3.06. The van der Waals surface area contributed by atoms with Crippen LogP contribution in [0.3, 0.4) is 0 Å². The fourth-order valence-corrected chi connectivity index (χ4v) is 3.36. The summed E-state index contributed by atoms with van der Waals surface area (Å²) in [6, 6.07) is 1.77. The van der Waals surface area contributed by atoms with Gasteiger partial charge in [0.2, 0.25) is 10.0 Å². The molecule has 1 aliphatic heterocycles. The van der Waals surface area contributed by atoms with Crippen molar-refractivity contribution >= 4 is 15.7 Å². The standard InChI is InChI=1S/C12H20N4O2S/c1-3-14-19(17,18)12-10-13-5-4-11(12)16-8-6-15(2)7-9-16/h4-5,10,14H,3,6-9H2,1-2H3. The molecule has 0 saturated carbocycles. The molecule has 2 rings (SSSR count). The zero-order chi connectivity index (χ0) is 13.9. The van der Waals surface area contributed by atoms with E-state index in [1.807, 2.05) is 0 Å². The minimum absolute atomic E-state index is 0.265. The summed E-state index contributed by atoms with van der Waals surface area (Å²) < 4.78 is 26.9. The van der Waals surface area contributed by atoms with E-state index >= 15 is 0 Å². The van der Waals surface area contributed by atoms with Crippen LogP contribution in [-0.2, 0) is 10.0 Å². The zero-order valence-electron chi connectivity index (χ0n) is 11.3. The van der Waals surface area contributed by atoms with Gasteiger partial charge in [-0.15, -0.1) is 0 Å². The highest BCUT2D eigenvalue weighted by Gasteiger charge is 2.23. The van der Waals surface area contributed by atoms with Crippen LogP contribution >= 0.6 is 0 Å². The summed E-state index contributed by atoms with van der Waals surface area (Å²) in [4.78, 5) is 8.55. The Hall–Kier alpha value is -1.18. The number of hydrogen-bond acceptors (Lipinski definition) is 5. The van der Waals surface area contributed by atoms with Crippen LogP contribution in [0, 0.1) is 0 Å². The highest BCUT2D eigenvalue weighted by atomic mass is 32.2. The predicted octanol–water partition coefficient (Wildman–Crippen LogP) is 0.132. The molecule has 1 aromatic rings. The first kappa shape index (κ1) is 14.2. The summed E-state index contributed by atoms with van der Waals surface area (Å²) in [5.74, 6) is 0. The molecule has 1 aliphatic rings. The molecule has 1 N–H and O–H groups in total. The van der Waals surface area contributed by atoms with Gasteiger partial charge in [0.15, 0.2) is 0 Å². The van der Waals surface area contributed by atoms with Gasteiger partial charge in [-0.3, -0.25) is 4.98 Å². The second-order valence-electron chi connectivity index (χ2n) is 4.64. The third-order valence-electron chi connectivity index (χ3n) is 3.23. The average molecular weight is 284 g/mol. The number of rotatable bonds is 4. The first-order chi connectivity index (χ1) is 9.04. The number of piperazine rings is 1. The molecular weight excluding hydrogens is 264 g/mol. The lowest BCUT2D eigenvalue weighted by atomic mass is 10.3. The van der Waals surface area contributed by atoms with Gasteiger partial charge in [0.1, 0.15) is 4.90 Å². The van der Waals surface area contributed by atoms with E-state index in [9.17, 15) is 8.42 Å². The predicted molar refractivity (Wildman–Crippen MR) is 74.8 cm³/mol. The minimum atomic E-state index is -3.47. The van der Waals surface area contributed by atoms with Gasteiger partial charge in [-0.2, -0.15) is 0 Å². The van der Waals surface area contributed by atoms with Crippen molar-refractivity contribution < 1.29 is 8.42 Å². The lowest BCUT2D eigenvalue weighted by molar-refractivity contribution is 0.312. The van der Waals surface area contributed by atoms with E-state index in [1.54, 1.807) is 19.2 Å². The Bertz CT molecular complexity index is 524. The number of nitrogens with one attached hydrogen (secondary N) is 1. The van der Waals surface area contributed by atoms with Gasteiger partial charge >= 0.3 is 0 Å². The third kappa shape index (κ3) is 3.23. The van der Waals surface area contributed by atoms with Gasteiger partial charge < -0.3 is 9.80 Å². The maximum Gasteiger partial charge on any atom is 0.244 e. The summed E-state index contributed by atoms with van der Waals surface area (Å²) in [7, 11) is -1.40. The van der Waals surface area contributed by atoms with Crippen molar-refractivity contribution in [2.45, 2.75) is 11.8 Å². The lowest BCUT2D eigenvalue weighted by Crippen LogP contribution is -2.45. The molecule has 0 bridgehead atoms. The SMILES string of the molecule is CCNS(=O)(=O)c1cnccc1N1CCN(C)CC1. The fraction of sp³-hybridized carbons (Fsp3) is 0.583. The molecule has 1 aromatic heterocycles. The number of likely N-dealkylation sites (N-methyl/N-ethyl adjacent to an activating group) is 1. The van der Waals surface area contributed by atoms with Crippen molar-refractivity contribution in [1.82, 2.24) is 14.6 Å². The van der Waals surface area contributed by atoms with Crippen molar-refractivity contribution in [3.05, 3.63) is 18.5 Å². The van der Waals surface area contributed by atoms with Crippen LogP contribution in [0.1, 0.15) is 6.92 Å². The Labute approximate surface area is 114 Å². The number of nitrogens with zero attached hydrogens (tertiary/aromatic N) is 3. The molecule has 0 unspecified atom stereocenters. The highest BCUT2D eigenvalue weighted by molar-refractivity contribution is 7.89. The topological polar surface area (TPSA) is 65.5 Å². The fourth-order valence-electron chi connectivity index (χ4n) is 2.16. The Balaban J connectivity index is 2.31. The van der Waals surface area contributed by atoms with Gasteiger partial charge in [-0.1, -0.05) is 6.92 Å². The summed E-state index contributed by atoms with van der Waals surface area (Å²) in [6.45, 7) is 5.67. The largest absolute Gasteiger partial charge is 0.368 e. The van der Waals surface area contributed by atoms with Gasteiger partial charge in [0.25, 0.3) is 0 Å². The van der Waals surface area contributed by atoms with Crippen molar-refractivity contribution in [1.29, 1.82) is 0 Å². The Kier molecular flexibility index (Phi) is 4.38. The minimum Gasteiger partial charge on any atom is -0.368 e. The van der Waals surface area contributed by atoms with Gasteiger partial charge in [-0.25, -0.2) is 13.1 Å². The summed E-state index contributed by atoms with van der Waals surface area (Å²) >= 11 is 0. The molecule has 2 heterocycles. The van der Waals surface area contributed by atoms with Gasteiger partial charge in [-0.05, 0) is 13.1 Å². The van der Waals surface area contributed by atoms with Crippen LogP contribution in [0.5, 0.6) is 0 Å². The number of sulfonamides is 1. The quantitative estimate of drug-likeness (QED) is 0.851. The molecule has 1 saturated heterocycles. The molecule has 0 radical (unpaired) electrons. The van der Waals surface area contributed by atoms with Gasteiger partial charge in [0, 0.05) is 45.1 Å².